The third-order valence-corrected chi connectivity index (χ3v) is 5.91. The molecular weight excluding hydrogens is 370 g/mol. The lowest BCUT2D eigenvalue weighted by molar-refractivity contribution is -0.131. The fourth-order valence-electron chi connectivity index (χ4n) is 3.59. The monoisotopic (exact) mass is 391 g/mol. The van der Waals surface area contributed by atoms with Crippen molar-refractivity contribution in [1.82, 2.24) is 9.88 Å². The molecule has 1 N–H and O–H groups in total. The van der Waals surface area contributed by atoms with Gasteiger partial charge in [0.15, 0.2) is 5.13 Å². The molecule has 0 aliphatic heterocycles. The molecule has 28 heavy (non-hydrogen) atoms. The Labute approximate surface area is 168 Å². The fraction of sp³-hybridized carbons (Fsp3) is 0.227. The van der Waals surface area contributed by atoms with Crippen LogP contribution in [-0.2, 0) is 17.6 Å². The first-order chi connectivity index (χ1) is 13.6. The van der Waals surface area contributed by atoms with Gasteiger partial charge in [-0.25, -0.2) is 4.98 Å². The number of thiazole rings is 1. The Balaban J connectivity index is 1.39. The number of amides is 2. The highest BCUT2D eigenvalue weighted by molar-refractivity contribution is 7.14. The van der Waals surface area contributed by atoms with Crippen LogP contribution in [0.25, 0.3) is 0 Å². The van der Waals surface area contributed by atoms with Gasteiger partial charge in [-0.15, -0.1) is 11.3 Å². The molecule has 0 fully saturated rings. The SMILES string of the molecule is CN(C(=O)Cc1csc(NC(=O)c2ccccc2)n1)C1CCc2ccccc21. The minimum Gasteiger partial charge on any atom is -0.338 e. The standard InChI is InChI=1S/C22H21N3O2S/c1-25(19-12-11-15-7-5-6-10-18(15)19)20(26)13-17-14-28-22(23-17)24-21(27)16-8-3-2-4-9-16/h2-10,14,19H,11-13H2,1H3,(H,23,24,27). The smallest absolute Gasteiger partial charge is 0.257 e. The maximum Gasteiger partial charge on any atom is 0.257 e. The highest BCUT2D eigenvalue weighted by atomic mass is 32.1. The molecule has 2 aromatic carbocycles. The fourth-order valence-corrected chi connectivity index (χ4v) is 4.30. The van der Waals surface area contributed by atoms with Crippen LogP contribution in [0, 0.1) is 0 Å². The molecular formula is C22H21N3O2S. The zero-order valence-corrected chi connectivity index (χ0v) is 16.4. The van der Waals surface area contributed by atoms with E-state index in [4.69, 9.17) is 0 Å². The summed E-state index contributed by atoms with van der Waals surface area (Å²) in [6.07, 6.45) is 2.19. The van der Waals surface area contributed by atoms with Crippen molar-refractivity contribution in [3.8, 4) is 0 Å². The highest BCUT2D eigenvalue weighted by Gasteiger charge is 2.28. The number of hydrogen-bond donors (Lipinski definition) is 1. The first-order valence-corrected chi connectivity index (χ1v) is 10.1. The van der Waals surface area contributed by atoms with E-state index in [1.54, 1.807) is 12.1 Å². The van der Waals surface area contributed by atoms with Crippen LogP contribution in [0.2, 0.25) is 0 Å². The van der Waals surface area contributed by atoms with E-state index in [2.05, 4.69) is 22.4 Å². The summed E-state index contributed by atoms with van der Waals surface area (Å²) in [7, 11) is 1.86. The number of rotatable bonds is 5. The van der Waals surface area contributed by atoms with Gasteiger partial charge in [-0.3, -0.25) is 14.9 Å². The zero-order valence-electron chi connectivity index (χ0n) is 15.6. The number of aryl methyl sites for hydroxylation is 1. The lowest BCUT2D eigenvalue weighted by Gasteiger charge is -2.25. The highest BCUT2D eigenvalue weighted by Crippen LogP contribution is 2.35. The number of hydrogen-bond acceptors (Lipinski definition) is 4. The maximum atomic E-state index is 12.8. The Morgan fingerprint density at radius 3 is 2.71 bits per heavy atom. The minimum atomic E-state index is -0.201. The molecule has 5 nitrogen and oxygen atoms in total. The van der Waals surface area contributed by atoms with E-state index >= 15 is 0 Å². The molecule has 1 unspecified atom stereocenters. The van der Waals surface area contributed by atoms with E-state index in [0.717, 1.165) is 12.8 Å². The third-order valence-electron chi connectivity index (χ3n) is 5.10. The van der Waals surface area contributed by atoms with Gasteiger partial charge >= 0.3 is 0 Å². The Morgan fingerprint density at radius 1 is 1.14 bits per heavy atom. The number of nitrogens with one attached hydrogen (secondary N) is 1. The van der Waals surface area contributed by atoms with Crippen molar-refractivity contribution in [3.63, 3.8) is 0 Å². The second kappa shape index (κ2) is 7.94. The Hall–Kier alpha value is -2.99. The number of benzene rings is 2. The summed E-state index contributed by atoms with van der Waals surface area (Å²) in [5.74, 6) is -0.166. The van der Waals surface area contributed by atoms with Gasteiger partial charge in [0, 0.05) is 18.0 Å². The number of aromatic nitrogens is 1. The van der Waals surface area contributed by atoms with Gasteiger partial charge in [-0.05, 0) is 36.1 Å². The topological polar surface area (TPSA) is 62.3 Å². The van der Waals surface area contributed by atoms with Crippen LogP contribution in [0.4, 0.5) is 5.13 Å². The molecule has 0 saturated carbocycles. The van der Waals surface area contributed by atoms with Crippen LogP contribution in [0.15, 0.2) is 60.0 Å². The molecule has 1 heterocycles. The molecule has 0 bridgehead atoms. The Kier molecular flexibility index (Phi) is 5.21. The van der Waals surface area contributed by atoms with Gasteiger partial charge in [0.25, 0.3) is 5.91 Å². The third kappa shape index (κ3) is 3.82. The van der Waals surface area contributed by atoms with Crippen molar-refractivity contribution in [2.45, 2.75) is 25.3 Å². The van der Waals surface area contributed by atoms with Crippen LogP contribution < -0.4 is 5.32 Å². The molecule has 1 aromatic heterocycles. The zero-order chi connectivity index (χ0) is 19.5. The van der Waals surface area contributed by atoms with E-state index in [-0.39, 0.29) is 24.3 Å². The largest absolute Gasteiger partial charge is 0.338 e. The van der Waals surface area contributed by atoms with Gasteiger partial charge in [0.2, 0.25) is 5.91 Å². The maximum absolute atomic E-state index is 12.8. The molecule has 6 heteroatoms. The van der Waals surface area contributed by atoms with Crippen molar-refractivity contribution in [3.05, 3.63) is 82.4 Å². The quantitative estimate of drug-likeness (QED) is 0.713. The summed E-state index contributed by atoms with van der Waals surface area (Å²) >= 11 is 1.33. The predicted molar refractivity (Wildman–Crippen MR) is 110 cm³/mol. The van der Waals surface area contributed by atoms with Crippen molar-refractivity contribution >= 4 is 28.3 Å². The van der Waals surface area contributed by atoms with Gasteiger partial charge in [0.1, 0.15) is 0 Å². The number of fused-ring (bicyclic) bond motifs is 1. The number of likely N-dealkylation sites (N-methyl/N-ethyl adjacent to an activating group) is 1. The predicted octanol–water partition coefficient (Wildman–Crippen LogP) is 4.08. The number of carbonyl (C=O) groups excluding carboxylic acids is 2. The summed E-state index contributed by atoms with van der Waals surface area (Å²) in [4.78, 5) is 31.2. The average molecular weight is 391 g/mol. The van der Waals surface area contributed by atoms with E-state index in [9.17, 15) is 9.59 Å². The molecule has 0 spiro atoms. The average Bonchev–Trinajstić information content (AvgIpc) is 3.35. The number of nitrogens with zero attached hydrogens (tertiary/aromatic N) is 2. The van der Waals surface area contributed by atoms with Crippen LogP contribution >= 0.6 is 11.3 Å². The van der Waals surface area contributed by atoms with E-state index < -0.39 is 0 Å². The summed E-state index contributed by atoms with van der Waals surface area (Å²) in [5.41, 5.74) is 3.82. The summed E-state index contributed by atoms with van der Waals surface area (Å²) in [6, 6.07) is 17.4. The number of carbonyl (C=O) groups is 2. The summed E-state index contributed by atoms with van der Waals surface area (Å²) < 4.78 is 0. The molecule has 2 amide bonds. The molecule has 0 radical (unpaired) electrons. The van der Waals surface area contributed by atoms with Crippen LogP contribution in [0.1, 0.15) is 39.6 Å². The van der Waals surface area contributed by atoms with E-state index in [0.29, 0.717) is 16.4 Å². The Morgan fingerprint density at radius 2 is 1.89 bits per heavy atom. The summed E-state index contributed by atoms with van der Waals surface area (Å²) in [5, 5.41) is 5.13. The minimum absolute atomic E-state index is 0.0351. The number of anilines is 1. The first kappa shape index (κ1) is 18.4. The van der Waals surface area contributed by atoms with Gasteiger partial charge in [-0.2, -0.15) is 0 Å². The van der Waals surface area contributed by atoms with Crippen LogP contribution in [0.3, 0.4) is 0 Å². The lowest BCUT2D eigenvalue weighted by Crippen LogP contribution is -2.31. The normalized spacial score (nSPS) is 15.1. The van der Waals surface area contributed by atoms with Crippen molar-refractivity contribution in [2.24, 2.45) is 0 Å². The second-order valence-corrected chi connectivity index (χ2v) is 7.76. The first-order valence-electron chi connectivity index (χ1n) is 9.26. The lowest BCUT2D eigenvalue weighted by atomic mass is 10.1. The van der Waals surface area contributed by atoms with Crippen molar-refractivity contribution in [2.75, 3.05) is 12.4 Å². The van der Waals surface area contributed by atoms with Gasteiger partial charge in [-0.1, -0.05) is 42.5 Å². The molecule has 4 rings (SSSR count). The van der Waals surface area contributed by atoms with Gasteiger partial charge < -0.3 is 4.90 Å². The van der Waals surface area contributed by atoms with Crippen LogP contribution in [-0.4, -0.2) is 28.7 Å². The molecule has 1 aliphatic carbocycles. The second-order valence-electron chi connectivity index (χ2n) is 6.90. The molecule has 1 aliphatic rings. The summed E-state index contributed by atoms with van der Waals surface area (Å²) in [6.45, 7) is 0. The molecule has 0 saturated heterocycles. The molecule has 1 atom stereocenters. The van der Waals surface area contributed by atoms with E-state index in [1.165, 1.54) is 22.5 Å². The van der Waals surface area contributed by atoms with Gasteiger partial charge in [0.05, 0.1) is 18.2 Å². The molecule has 3 aromatic rings. The Bertz CT molecular complexity index is 1000. The molecule has 142 valence electrons. The van der Waals surface area contributed by atoms with Crippen molar-refractivity contribution in [1.29, 1.82) is 0 Å². The van der Waals surface area contributed by atoms with E-state index in [1.807, 2.05) is 47.7 Å². The van der Waals surface area contributed by atoms with Crippen LogP contribution in [0.5, 0.6) is 0 Å². The van der Waals surface area contributed by atoms with Crippen molar-refractivity contribution < 1.29 is 9.59 Å².